The second-order valence-electron chi connectivity index (χ2n) is 5.67. The third-order valence-corrected chi connectivity index (χ3v) is 4.11. The van der Waals surface area contributed by atoms with E-state index in [4.69, 9.17) is 0 Å². The zero-order chi connectivity index (χ0) is 14.6. The minimum absolute atomic E-state index is 0.0671. The van der Waals surface area contributed by atoms with Crippen LogP contribution >= 0.6 is 0 Å². The maximum atomic E-state index is 12.7. The number of rotatable bonds is 5. The van der Waals surface area contributed by atoms with Gasteiger partial charge >= 0.3 is 0 Å². The fourth-order valence-corrected chi connectivity index (χ4v) is 2.97. The number of hydrogen-bond acceptors (Lipinski definition) is 3. The molecule has 0 bridgehead atoms. The minimum atomic E-state index is -0.588. The summed E-state index contributed by atoms with van der Waals surface area (Å²) >= 11 is 0. The van der Waals surface area contributed by atoms with Crippen LogP contribution in [0.15, 0.2) is 24.3 Å². The summed E-state index contributed by atoms with van der Waals surface area (Å²) in [4.78, 5) is 12.7. The highest BCUT2D eigenvalue weighted by molar-refractivity contribution is 5.96. The van der Waals surface area contributed by atoms with Gasteiger partial charge in [0.05, 0.1) is 11.5 Å². The van der Waals surface area contributed by atoms with Crippen LogP contribution in [0.25, 0.3) is 0 Å². The maximum Gasteiger partial charge on any atom is 0.231 e. The summed E-state index contributed by atoms with van der Waals surface area (Å²) in [6, 6.07) is 7.44. The molecule has 20 heavy (non-hydrogen) atoms. The molecule has 1 saturated heterocycles. The summed E-state index contributed by atoms with van der Waals surface area (Å²) in [5, 5.41) is 16.1. The average Bonchev–Trinajstić information content (AvgIpc) is 2.89. The van der Waals surface area contributed by atoms with E-state index in [9.17, 15) is 9.90 Å². The summed E-state index contributed by atoms with van der Waals surface area (Å²) in [5.74, 6) is 0.0671. The molecule has 2 atom stereocenters. The first kappa shape index (κ1) is 15.0. The van der Waals surface area contributed by atoms with Gasteiger partial charge in [0.1, 0.15) is 0 Å². The average molecular weight is 276 g/mol. The third kappa shape index (κ3) is 3.02. The van der Waals surface area contributed by atoms with Gasteiger partial charge in [-0.2, -0.15) is 0 Å². The van der Waals surface area contributed by atoms with E-state index in [1.807, 2.05) is 24.3 Å². The van der Waals surface area contributed by atoms with Gasteiger partial charge in [-0.05, 0) is 32.4 Å². The molecular weight excluding hydrogens is 252 g/mol. The van der Waals surface area contributed by atoms with Crippen molar-refractivity contribution in [1.29, 1.82) is 0 Å². The molecule has 4 heteroatoms. The summed E-state index contributed by atoms with van der Waals surface area (Å²) in [6.45, 7) is 5.45. The Balaban J connectivity index is 2.18. The summed E-state index contributed by atoms with van der Waals surface area (Å²) in [7, 11) is 0. The largest absolute Gasteiger partial charge is 0.389 e. The molecule has 0 aliphatic carbocycles. The topological polar surface area (TPSA) is 61.4 Å². The van der Waals surface area contributed by atoms with Crippen LogP contribution in [-0.2, 0) is 4.79 Å². The number of benzene rings is 1. The molecule has 1 aliphatic rings. The van der Waals surface area contributed by atoms with Gasteiger partial charge in [-0.3, -0.25) is 4.79 Å². The van der Waals surface area contributed by atoms with E-state index >= 15 is 0 Å². The molecule has 3 N–H and O–H groups in total. The number of anilines is 1. The summed E-state index contributed by atoms with van der Waals surface area (Å²) in [5.41, 5.74) is 1.17. The zero-order valence-corrected chi connectivity index (χ0v) is 12.3. The van der Waals surface area contributed by atoms with Crippen LogP contribution in [0.1, 0.15) is 44.8 Å². The van der Waals surface area contributed by atoms with Crippen molar-refractivity contribution in [3.05, 3.63) is 29.8 Å². The molecule has 2 unspecified atom stereocenters. The lowest BCUT2D eigenvalue weighted by molar-refractivity contribution is -0.125. The van der Waals surface area contributed by atoms with Crippen molar-refractivity contribution in [2.24, 2.45) is 5.41 Å². The number of nitrogens with one attached hydrogen (secondary N) is 2. The second-order valence-corrected chi connectivity index (χ2v) is 5.67. The van der Waals surface area contributed by atoms with Gasteiger partial charge < -0.3 is 15.7 Å². The van der Waals surface area contributed by atoms with Gasteiger partial charge in [0.25, 0.3) is 0 Å². The molecule has 0 saturated carbocycles. The number of carbonyl (C=O) groups is 1. The van der Waals surface area contributed by atoms with Gasteiger partial charge in [0, 0.05) is 17.8 Å². The number of carbonyl (C=O) groups excluding carboxylic acids is 1. The Bertz CT molecular complexity index is 465. The maximum absolute atomic E-state index is 12.7. The van der Waals surface area contributed by atoms with E-state index < -0.39 is 6.10 Å². The Morgan fingerprint density at radius 1 is 1.50 bits per heavy atom. The molecule has 1 fully saturated rings. The fourth-order valence-electron chi connectivity index (χ4n) is 2.97. The van der Waals surface area contributed by atoms with E-state index in [1.165, 1.54) is 0 Å². The van der Waals surface area contributed by atoms with Gasteiger partial charge in [-0.1, -0.05) is 31.5 Å². The molecule has 0 spiro atoms. The van der Waals surface area contributed by atoms with Crippen LogP contribution in [0, 0.1) is 5.41 Å². The highest BCUT2D eigenvalue weighted by Crippen LogP contribution is 2.33. The second kappa shape index (κ2) is 6.37. The predicted octanol–water partition coefficient (Wildman–Crippen LogP) is 2.46. The van der Waals surface area contributed by atoms with Crippen LogP contribution in [0.2, 0.25) is 0 Å². The minimum Gasteiger partial charge on any atom is -0.389 e. The first-order valence-electron chi connectivity index (χ1n) is 7.38. The summed E-state index contributed by atoms with van der Waals surface area (Å²) < 4.78 is 0. The molecule has 1 heterocycles. The molecule has 4 nitrogen and oxygen atoms in total. The molecule has 1 aromatic carbocycles. The molecule has 1 aromatic rings. The van der Waals surface area contributed by atoms with Gasteiger partial charge in [0.2, 0.25) is 5.91 Å². The lowest BCUT2D eigenvalue weighted by atomic mass is 9.81. The Hall–Kier alpha value is -1.39. The fraction of sp³-hybridized carbons (Fsp3) is 0.562. The Kier molecular flexibility index (Phi) is 4.78. The Morgan fingerprint density at radius 3 is 2.85 bits per heavy atom. The molecule has 2 rings (SSSR count). The van der Waals surface area contributed by atoms with E-state index in [-0.39, 0.29) is 11.3 Å². The van der Waals surface area contributed by atoms with Crippen LogP contribution in [-0.4, -0.2) is 24.1 Å². The van der Waals surface area contributed by atoms with Crippen molar-refractivity contribution in [3.63, 3.8) is 0 Å². The normalized spacial score (nSPS) is 23.6. The summed E-state index contributed by atoms with van der Waals surface area (Å²) in [6.07, 6.45) is 2.18. The number of para-hydroxylation sites is 1. The molecule has 0 aromatic heterocycles. The van der Waals surface area contributed by atoms with E-state index in [0.717, 1.165) is 43.6 Å². The van der Waals surface area contributed by atoms with Gasteiger partial charge in [-0.15, -0.1) is 0 Å². The smallest absolute Gasteiger partial charge is 0.231 e. The van der Waals surface area contributed by atoms with Gasteiger partial charge in [-0.25, -0.2) is 0 Å². The van der Waals surface area contributed by atoms with Crippen LogP contribution in [0.3, 0.4) is 0 Å². The Morgan fingerprint density at radius 2 is 2.25 bits per heavy atom. The molecular formula is C16H24N2O2. The van der Waals surface area contributed by atoms with Gasteiger partial charge in [0.15, 0.2) is 0 Å². The predicted molar refractivity (Wildman–Crippen MR) is 80.5 cm³/mol. The number of aliphatic hydroxyl groups excluding tert-OH is 1. The SMILES string of the molecule is CCCC1(C(=O)Nc2ccccc2C(C)O)CCNC1. The first-order chi connectivity index (χ1) is 9.59. The molecule has 1 amide bonds. The van der Waals surface area contributed by atoms with Crippen LogP contribution in [0.5, 0.6) is 0 Å². The van der Waals surface area contributed by atoms with Crippen molar-refractivity contribution in [2.45, 2.75) is 39.2 Å². The highest BCUT2D eigenvalue weighted by Gasteiger charge is 2.40. The molecule has 0 radical (unpaired) electrons. The number of hydrogen-bond donors (Lipinski definition) is 3. The lowest BCUT2D eigenvalue weighted by Gasteiger charge is -2.27. The van der Waals surface area contributed by atoms with E-state index in [2.05, 4.69) is 17.6 Å². The van der Waals surface area contributed by atoms with Crippen molar-refractivity contribution in [1.82, 2.24) is 5.32 Å². The third-order valence-electron chi connectivity index (χ3n) is 4.11. The quantitative estimate of drug-likeness (QED) is 0.774. The van der Waals surface area contributed by atoms with Crippen molar-refractivity contribution >= 4 is 11.6 Å². The molecule has 110 valence electrons. The highest BCUT2D eigenvalue weighted by atomic mass is 16.3. The first-order valence-corrected chi connectivity index (χ1v) is 7.38. The van der Waals surface area contributed by atoms with E-state index in [0.29, 0.717) is 0 Å². The number of amides is 1. The standard InChI is InChI=1S/C16H24N2O2/c1-3-8-16(9-10-17-11-16)15(20)18-14-7-5-4-6-13(14)12(2)19/h4-7,12,17,19H,3,8-11H2,1-2H3,(H,18,20). The van der Waals surface area contributed by atoms with Crippen molar-refractivity contribution in [2.75, 3.05) is 18.4 Å². The Labute approximate surface area is 120 Å². The lowest BCUT2D eigenvalue weighted by Crippen LogP contribution is -2.38. The van der Waals surface area contributed by atoms with Crippen molar-refractivity contribution < 1.29 is 9.90 Å². The zero-order valence-electron chi connectivity index (χ0n) is 12.3. The number of aliphatic hydroxyl groups is 1. The van der Waals surface area contributed by atoms with E-state index in [1.54, 1.807) is 6.92 Å². The molecule has 1 aliphatic heterocycles. The van der Waals surface area contributed by atoms with Crippen LogP contribution < -0.4 is 10.6 Å². The van der Waals surface area contributed by atoms with Crippen molar-refractivity contribution in [3.8, 4) is 0 Å². The van der Waals surface area contributed by atoms with Crippen LogP contribution in [0.4, 0.5) is 5.69 Å². The monoisotopic (exact) mass is 276 g/mol.